The van der Waals surface area contributed by atoms with E-state index in [0.29, 0.717) is 18.5 Å². The summed E-state index contributed by atoms with van der Waals surface area (Å²) in [4.78, 5) is 24.0. The Morgan fingerprint density at radius 1 is 0.879 bits per heavy atom. The fourth-order valence-corrected chi connectivity index (χ4v) is 2.98. The molecule has 0 aliphatic heterocycles. The van der Waals surface area contributed by atoms with E-state index in [-0.39, 0.29) is 31.6 Å². The second-order valence-corrected chi connectivity index (χ2v) is 6.98. The van der Waals surface area contributed by atoms with E-state index in [4.69, 9.17) is 5.73 Å². The van der Waals surface area contributed by atoms with E-state index in [0.717, 1.165) is 16.7 Å². The zero-order valence-corrected chi connectivity index (χ0v) is 18.5. The van der Waals surface area contributed by atoms with Gasteiger partial charge in [0.2, 0.25) is 11.8 Å². The van der Waals surface area contributed by atoms with Crippen molar-refractivity contribution in [3.63, 3.8) is 0 Å². The molecule has 1 atom stereocenters. The van der Waals surface area contributed by atoms with Gasteiger partial charge >= 0.3 is 0 Å². The van der Waals surface area contributed by atoms with E-state index in [1.54, 1.807) is 24.3 Å². The third-order valence-corrected chi connectivity index (χ3v) is 4.69. The Balaban J connectivity index is 0.00000177. The first-order valence-electron chi connectivity index (χ1n) is 10.7. The first-order valence-corrected chi connectivity index (χ1v) is 10.7. The molecule has 0 unspecified atom stereocenters. The molecule has 176 valence electrons. The Morgan fingerprint density at radius 2 is 1.42 bits per heavy atom. The third-order valence-electron chi connectivity index (χ3n) is 4.69. The van der Waals surface area contributed by atoms with E-state index in [1.165, 1.54) is 12.1 Å². The monoisotopic (exact) mass is 451 g/mol. The second-order valence-electron chi connectivity index (χ2n) is 6.98. The molecule has 0 radical (unpaired) electrons. The number of amides is 2. The minimum Gasteiger partial charge on any atom is -0.346 e. The maximum atomic E-state index is 13.0. The number of halogens is 1. The van der Waals surface area contributed by atoms with Crippen molar-refractivity contribution in [2.75, 3.05) is 11.9 Å². The highest BCUT2D eigenvalue weighted by Gasteiger charge is 2.14. The largest absolute Gasteiger partial charge is 0.346 e. The van der Waals surface area contributed by atoms with Crippen molar-refractivity contribution < 1.29 is 14.0 Å². The van der Waals surface area contributed by atoms with Crippen molar-refractivity contribution in [1.29, 1.82) is 0 Å². The van der Waals surface area contributed by atoms with Crippen molar-refractivity contribution in [2.45, 2.75) is 40.2 Å². The van der Waals surface area contributed by atoms with Crippen LogP contribution in [0.3, 0.4) is 0 Å². The van der Waals surface area contributed by atoms with Crippen LogP contribution in [0.2, 0.25) is 0 Å². The molecule has 0 bridgehead atoms. The van der Waals surface area contributed by atoms with Crippen LogP contribution in [-0.2, 0) is 16.0 Å². The predicted octanol–water partition coefficient (Wildman–Crippen LogP) is 5.17. The van der Waals surface area contributed by atoms with E-state index in [9.17, 15) is 14.0 Å². The minimum atomic E-state index is -0.702. The first kappa shape index (κ1) is 27.5. The van der Waals surface area contributed by atoms with Gasteiger partial charge in [-0.25, -0.2) is 4.39 Å². The number of para-hydroxylation sites is 1. The predicted molar refractivity (Wildman–Crippen MR) is 134 cm³/mol. The number of hydrogen-bond acceptors (Lipinski definition) is 3. The molecule has 5 nitrogen and oxygen atoms in total. The zero-order chi connectivity index (χ0) is 23.3. The third kappa shape index (κ3) is 9.25. The molecule has 3 rings (SSSR count). The maximum absolute atomic E-state index is 13.0. The van der Waals surface area contributed by atoms with Crippen LogP contribution in [0.15, 0.2) is 78.9 Å². The van der Waals surface area contributed by atoms with Gasteiger partial charge in [0.15, 0.2) is 0 Å². The number of nitrogens with one attached hydrogen (secondary N) is 2. The second kappa shape index (κ2) is 14.5. The van der Waals surface area contributed by atoms with Crippen LogP contribution in [0.25, 0.3) is 11.1 Å². The highest BCUT2D eigenvalue weighted by Crippen LogP contribution is 2.20. The Hall–Kier alpha value is -3.51. The van der Waals surface area contributed by atoms with Crippen molar-refractivity contribution in [3.8, 4) is 11.1 Å². The zero-order valence-electron chi connectivity index (χ0n) is 18.5. The molecule has 0 aliphatic rings. The summed E-state index contributed by atoms with van der Waals surface area (Å²) >= 11 is 0. The molecule has 4 N–H and O–H groups in total. The first-order chi connectivity index (χ1) is 15.5. The summed E-state index contributed by atoms with van der Waals surface area (Å²) in [7, 11) is 0. The van der Waals surface area contributed by atoms with Crippen molar-refractivity contribution >= 4 is 17.5 Å². The molecule has 0 saturated carbocycles. The Labute approximate surface area is 196 Å². The van der Waals surface area contributed by atoms with E-state index < -0.39 is 6.04 Å². The van der Waals surface area contributed by atoms with Gasteiger partial charge in [-0.15, -0.1) is 0 Å². The van der Waals surface area contributed by atoms with Crippen LogP contribution in [0.4, 0.5) is 10.1 Å². The summed E-state index contributed by atoms with van der Waals surface area (Å²) in [6.45, 7) is 3.87. The fourth-order valence-electron chi connectivity index (χ4n) is 2.98. The van der Waals surface area contributed by atoms with Gasteiger partial charge in [-0.05, 0) is 53.8 Å². The molecule has 2 amide bonds. The summed E-state index contributed by atoms with van der Waals surface area (Å²) in [5.41, 5.74) is 9.61. The summed E-state index contributed by atoms with van der Waals surface area (Å²) in [5.74, 6) is -0.931. The Morgan fingerprint density at radius 3 is 2.00 bits per heavy atom. The Bertz CT molecular complexity index is 975. The van der Waals surface area contributed by atoms with Gasteiger partial charge < -0.3 is 16.4 Å². The molecule has 0 aliphatic carbocycles. The number of benzene rings is 3. The molecule has 0 spiro atoms. The molecule has 0 saturated heterocycles. The number of aryl methyl sites for hydroxylation is 1. The van der Waals surface area contributed by atoms with Gasteiger partial charge in [-0.2, -0.15) is 0 Å². The average molecular weight is 452 g/mol. The van der Waals surface area contributed by atoms with Crippen molar-refractivity contribution in [3.05, 3.63) is 90.2 Å². The number of carbonyl (C=O) groups excluding carboxylic acids is 2. The fraction of sp³-hybridized carbons (Fsp3) is 0.259. The molecule has 0 aromatic heterocycles. The van der Waals surface area contributed by atoms with E-state index in [1.807, 2.05) is 56.3 Å². The summed E-state index contributed by atoms with van der Waals surface area (Å²) in [6, 6.07) is 22.5. The number of rotatable bonds is 8. The lowest BCUT2D eigenvalue weighted by Crippen LogP contribution is -2.43. The molecule has 33 heavy (non-hydrogen) atoms. The number of hydrogen-bond donors (Lipinski definition) is 3. The van der Waals surface area contributed by atoms with Crippen LogP contribution in [-0.4, -0.2) is 24.4 Å². The lowest BCUT2D eigenvalue weighted by atomic mass is 10.0. The van der Waals surface area contributed by atoms with Crippen LogP contribution < -0.4 is 16.4 Å². The molecular formula is C27H34FN3O2. The van der Waals surface area contributed by atoms with Gasteiger partial charge in [0, 0.05) is 5.69 Å². The lowest BCUT2D eigenvalue weighted by molar-refractivity contribution is -0.125. The van der Waals surface area contributed by atoms with E-state index >= 15 is 0 Å². The van der Waals surface area contributed by atoms with Crippen LogP contribution >= 0.6 is 0 Å². The van der Waals surface area contributed by atoms with Gasteiger partial charge in [-0.1, -0.05) is 75.9 Å². The summed E-state index contributed by atoms with van der Waals surface area (Å²) in [6.07, 6.45) is 1.09. The van der Waals surface area contributed by atoms with Crippen LogP contribution in [0, 0.1) is 5.82 Å². The van der Waals surface area contributed by atoms with Gasteiger partial charge in [0.25, 0.3) is 0 Å². The van der Waals surface area contributed by atoms with Crippen LogP contribution in [0.1, 0.15) is 33.3 Å². The lowest BCUT2D eigenvalue weighted by Gasteiger charge is -2.12. The normalized spacial score (nSPS) is 10.7. The molecule has 3 aromatic rings. The molecule has 6 heteroatoms. The standard InChI is InChI=1S/C24H24FN3O2.C2H6.CH4/c25-20-13-11-19(12-14-20)18-9-6-17(7-10-18)8-15-22(26)24(30)27-16-23(29)28-21-4-2-1-3-5-21;1-2;/h1-7,9-14,22H,8,15-16,26H2,(H,27,30)(H,28,29);1-2H3;1H4/t22-;;/m0../s1. The smallest absolute Gasteiger partial charge is 0.243 e. The topological polar surface area (TPSA) is 84.2 Å². The number of anilines is 1. The Kier molecular flexibility index (Phi) is 12.1. The molecule has 0 heterocycles. The highest BCUT2D eigenvalue weighted by atomic mass is 19.1. The molecule has 0 fully saturated rings. The quantitative estimate of drug-likeness (QED) is 0.442. The van der Waals surface area contributed by atoms with Gasteiger partial charge in [0.1, 0.15) is 5.82 Å². The summed E-state index contributed by atoms with van der Waals surface area (Å²) in [5, 5.41) is 5.27. The van der Waals surface area contributed by atoms with Gasteiger partial charge in [0.05, 0.1) is 12.6 Å². The van der Waals surface area contributed by atoms with Gasteiger partial charge in [-0.3, -0.25) is 9.59 Å². The average Bonchev–Trinajstić information content (AvgIpc) is 2.84. The maximum Gasteiger partial charge on any atom is 0.243 e. The summed E-state index contributed by atoms with van der Waals surface area (Å²) < 4.78 is 13.0. The molecular weight excluding hydrogens is 417 g/mol. The SMILES string of the molecule is C.CC.N[C@@H](CCc1ccc(-c2ccc(F)cc2)cc1)C(=O)NCC(=O)Nc1ccccc1. The van der Waals surface area contributed by atoms with Crippen LogP contribution in [0.5, 0.6) is 0 Å². The van der Waals surface area contributed by atoms with E-state index in [2.05, 4.69) is 10.6 Å². The minimum absolute atomic E-state index is 0. The number of nitrogens with two attached hydrogens (primary N) is 1. The highest BCUT2D eigenvalue weighted by molar-refractivity contribution is 5.95. The van der Waals surface area contributed by atoms with Crippen molar-refractivity contribution in [1.82, 2.24) is 5.32 Å². The number of carbonyl (C=O) groups is 2. The van der Waals surface area contributed by atoms with Crippen molar-refractivity contribution in [2.24, 2.45) is 5.73 Å². The molecule has 3 aromatic carbocycles.